The molecule has 0 saturated carbocycles. The van der Waals surface area contributed by atoms with Crippen molar-refractivity contribution < 1.29 is 28.5 Å². The van der Waals surface area contributed by atoms with E-state index in [2.05, 4.69) is 0 Å². The molecule has 6 heteroatoms. The first-order valence-corrected chi connectivity index (χ1v) is 7.84. The molecule has 130 valence electrons. The zero-order valence-electron chi connectivity index (χ0n) is 14.1. The maximum Gasteiger partial charge on any atom is 0.348 e. The molecule has 4 rings (SSSR count). The predicted octanol–water partition coefficient (Wildman–Crippen LogP) is 2.94. The summed E-state index contributed by atoms with van der Waals surface area (Å²) in [7, 11) is 3.11. The fourth-order valence-electron chi connectivity index (χ4n) is 2.91. The van der Waals surface area contributed by atoms with E-state index in [1.807, 2.05) is 0 Å². The van der Waals surface area contributed by atoms with Crippen molar-refractivity contribution >= 4 is 23.1 Å². The third-order valence-corrected chi connectivity index (χ3v) is 4.22. The summed E-state index contributed by atoms with van der Waals surface area (Å²) in [6.07, 6.45) is 0. The first kappa shape index (κ1) is 16.0. The molecule has 0 N–H and O–H groups in total. The molecule has 2 aliphatic rings. The average molecular weight is 350 g/mol. The molecule has 0 bridgehead atoms. The van der Waals surface area contributed by atoms with E-state index < -0.39 is 11.9 Å². The van der Waals surface area contributed by atoms with E-state index in [-0.39, 0.29) is 22.7 Å². The van der Waals surface area contributed by atoms with Crippen molar-refractivity contribution in [1.29, 1.82) is 0 Å². The number of ether oxygens (including phenoxy) is 4. The smallest absolute Gasteiger partial charge is 0.348 e. The summed E-state index contributed by atoms with van der Waals surface area (Å²) >= 11 is 0. The minimum absolute atomic E-state index is 0.149. The van der Waals surface area contributed by atoms with Crippen LogP contribution in [0.15, 0.2) is 60.0 Å². The Balaban J connectivity index is 1.81. The Kier molecular flexibility index (Phi) is 3.73. The largest absolute Gasteiger partial charge is 0.497 e. The molecule has 0 atom stereocenters. The molecular weight excluding hydrogens is 336 g/mol. The van der Waals surface area contributed by atoms with Gasteiger partial charge in [-0.25, -0.2) is 9.59 Å². The molecule has 2 aromatic carbocycles. The third kappa shape index (κ3) is 2.43. The van der Waals surface area contributed by atoms with Crippen molar-refractivity contribution in [3.8, 4) is 11.5 Å². The van der Waals surface area contributed by atoms with Crippen LogP contribution in [-0.2, 0) is 19.1 Å². The van der Waals surface area contributed by atoms with E-state index in [9.17, 15) is 9.59 Å². The standard InChI is InChI=1S/C20H14O6/c1-23-13-7-3-11(4-8-13)15-17-18(26-19(15)21)16(20(22)25-17)12-5-9-14(24-2)10-6-12/h3-10H,1-2H3. The first-order valence-electron chi connectivity index (χ1n) is 7.84. The van der Waals surface area contributed by atoms with Gasteiger partial charge in [0.05, 0.1) is 14.2 Å². The van der Waals surface area contributed by atoms with Gasteiger partial charge in [0, 0.05) is 0 Å². The van der Waals surface area contributed by atoms with Crippen LogP contribution in [0.25, 0.3) is 11.1 Å². The van der Waals surface area contributed by atoms with Gasteiger partial charge in [0.2, 0.25) is 0 Å². The predicted molar refractivity (Wildman–Crippen MR) is 92.0 cm³/mol. The zero-order chi connectivity index (χ0) is 18.3. The monoisotopic (exact) mass is 350 g/mol. The molecule has 0 radical (unpaired) electrons. The second kappa shape index (κ2) is 6.07. The Hall–Kier alpha value is -3.54. The summed E-state index contributed by atoms with van der Waals surface area (Å²) in [6.45, 7) is 0. The van der Waals surface area contributed by atoms with Gasteiger partial charge in [-0.05, 0) is 35.4 Å². The van der Waals surface area contributed by atoms with Crippen LogP contribution in [0.4, 0.5) is 0 Å². The highest BCUT2D eigenvalue weighted by molar-refractivity contribution is 6.28. The number of carbonyl (C=O) groups is 2. The molecule has 0 unspecified atom stereocenters. The van der Waals surface area contributed by atoms with Crippen LogP contribution in [0.1, 0.15) is 11.1 Å². The van der Waals surface area contributed by atoms with Gasteiger partial charge in [0.15, 0.2) is 11.5 Å². The van der Waals surface area contributed by atoms with Crippen LogP contribution in [0.2, 0.25) is 0 Å². The quantitative estimate of drug-likeness (QED) is 0.790. The lowest BCUT2D eigenvalue weighted by Gasteiger charge is -2.05. The molecule has 2 aliphatic heterocycles. The van der Waals surface area contributed by atoms with E-state index >= 15 is 0 Å². The molecule has 0 saturated heterocycles. The van der Waals surface area contributed by atoms with Gasteiger partial charge < -0.3 is 18.9 Å². The number of rotatable bonds is 4. The second-order valence-corrected chi connectivity index (χ2v) is 5.64. The van der Waals surface area contributed by atoms with Crippen LogP contribution < -0.4 is 9.47 Å². The molecule has 0 aliphatic carbocycles. The van der Waals surface area contributed by atoms with Gasteiger partial charge in [0.1, 0.15) is 22.6 Å². The number of hydrogen-bond donors (Lipinski definition) is 0. The second-order valence-electron chi connectivity index (χ2n) is 5.64. The third-order valence-electron chi connectivity index (χ3n) is 4.22. The van der Waals surface area contributed by atoms with Crippen molar-refractivity contribution in [2.24, 2.45) is 0 Å². The van der Waals surface area contributed by atoms with Crippen LogP contribution in [0.5, 0.6) is 11.5 Å². The fourth-order valence-corrected chi connectivity index (χ4v) is 2.91. The Labute approximate surface area is 149 Å². The zero-order valence-corrected chi connectivity index (χ0v) is 14.1. The van der Waals surface area contributed by atoms with Crippen molar-refractivity contribution in [3.05, 3.63) is 71.2 Å². The van der Waals surface area contributed by atoms with E-state index in [0.717, 1.165) is 0 Å². The van der Waals surface area contributed by atoms with Gasteiger partial charge in [0.25, 0.3) is 0 Å². The molecule has 2 aromatic rings. The summed E-state index contributed by atoms with van der Waals surface area (Å²) in [5, 5.41) is 0. The SMILES string of the molecule is COc1ccc(C2=C3OC(=O)C(c4ccc(OC)cc4)=C3OC2=O)cc1. The summed E-state index contributed by atoms with van der Waals surface area (Å²) < 4.78 is 21.0. The van der Waals surface area contributed by atoms with Gasteiger partial charge >= 0.3 is 11.9 Å². The minimum Gasteiger partial charge on any atom is -0.497 e. The highest BCUT2D eigenvalue weighted by Gasteiger charge is 2.43. The number of esters is 2. The molecule has 26 heavy (non-hydrogen) atoms. The van der Waals surface area contributed by atoms with Crippen LogP contribution >= 0.6 is 0 Å². The highest BCUT2D eigenvalue weighted by atomic mass is 16.6. The Bertz CT molecular complexity index is 883. The Morgan fingerprint density at radius 3 is 1.27 bits per heavy atom. The topological polar surface area (TPSA) is 71.1 Å². The molecule has 0 aromatic heterocycles. The summed E-state index contributed by atoms with van der Waals surface area (Å²) in [5.41, 5.74) is 1.62. The van der Waals surface area contributed by atoms with Crippen molar-refractivity contribution in [3.63, 3.8) is 0 Å². The van der Waals surface area contributed by atoms with E-state index in [4.69, 9.17) is 18.9 Å². The summed E-state index contributed by atoms with van der Waals surface area (Å²) in [5.74, 6) is 0.497. The van der Waals surface area contributed by atoms with Crippen LogP contribution in [0, 0.1) is 0 Å². The van der Waals surface area contributed by atoms with Crippen molar-refractivity contribution in [1.82, 2.24) is 0 Å². The van der Waals surface area contributed by atoms with E-state index in [1.165, 1.54) is 0 Å². The molecule has 2 heterocycles. The van der Waals surface area contributed by atoms with E-state index in [1.54, 1.807) is 62.8 Å². The first-order chi connectivity index (χ1) is 12.6. The molecule has 0 fully saturated rings. The maximum absolute atomic E-state index is 12.4. The van der Waals surface area contributed by atoms with E-state index in [0.29, 0.717) is 22.6 Å². The van der Waals surface area contributed by atoms with Crippen LogP contribution in [-0.4, -0.2) is 26.2 Å². The Morgan fingerprint density at radius 1 is 0.615 bits per heavy atom. The van der Waals surface area contributed by atoms with Crippen molar-refractivity contribution in [2.75, 3.05) is 14.2 Å². The lowest BCUT2D eigenvalue weighted by Crippen LogP contribution is -2.05. The number of hydrogen-bond acceptors (Lipinski definition) is 6. The Morgan fingerprint density at radius 2 is 0.962 bits per heavy atom. The minimum atomic E-state index is -0.557. The lowest BCUT2D eigenvalue weighted by molar-refractivity contribution is -0.131. The highest BCUT2D eigenvalue weighted by Crippen LogP contribution is 2.43. The molecule has 0 amide bonds. The average Bonchev–Trinajstić information content (AvgIpc) is 3.14. The molecule has 6 nitrogen and oxygen atoms in total. The maximum atomic E-state index is 12.4. The lowest BCUT2D eigenvalue weighted by atomic mass is 10.0. The number of benzene rings is 2. The fraction of sp³-hybridized carbons (Fsp3) is 0.100. The summed E-state index contributed by atoms with van der Waals surface area (Å²) in [4.78, 5) is 24.7. The van der Waals surface area contributed by atoms with Crippen molar-refractivity contribution in [2.45, 2.75) is 0 Å². The van der Waals surface area contributed by atoms with Gasteiger partial charge in [-0.15, -0.1) is 0 Å². The van der Waals surface area contributed by atoms with Crippen LogP contribution in [0.3, 0.4) is 0 Å². The number of fused-ring (bicyclic) bond motifs is 1. The van der Waals surface area contributed by atoms with Gasteiger partial charge in [-0.3, -0.25) is 0 Å². The normalized spacial score (nSPS) is 15.8. The van der Waals surface area contributed by atoms with Gasteiger partial charge in [-0.2, -0.15) is 0 Å². The number of carbonyl (C=O) groups excluding carboxylic acids is 2. The summed E-state index contributed by atoms with van der Waals surface area (Å²) in [6, 6.07) is 13.7. The van der Waals surface area contributed by atoms with Gasteiger partial charge in [-0.1, -0.05) is 24.3 Å². The molecular formula is C20H14O6. The molecule has 0 spiro atoms. The number of methoxy groups -OCH3 is 2.